The predicted octanol–water partition coefficient (Wildman–Crippen LogP) is 3.13. The third-order valence-electron chi connectivity index (χ3n) is 4.66. The number of hydrogen-bond acceptors (Lipinski definition) is 6. The second-order valence-corrected chi connectivity index (χ2v) is 6.94. The Morgan fingerprint density at radius 1 is 1.23 bits per heavy atom. The Morgan fingerprint density at radius 3 is 2.84 bits per heavy atom. The third kappa shape index (κ3) is 4.90. The molecule has 0 aliphatic carbocycles. The zero-order valence-corrected chi connectivity index (χ0v) is 16.2. The quantitative estimate of drug-likeness (QED) is 0.498. The van der Waals surface area contributed by atoms with E-state index in [1.807, 2.05) is 0 Å². The van der Waals surface area contributed by atoms with E-state index in [1.54, 1.807) is 4.90 Å². The van der Waals surface area contributed by atoms with Gasteiger partial charge in [0.2, 0.25) is 5.95 Å². The molecule has 0 bridgehead atoms. The van der Waals surface area contributed by atoms with Crippen molar-refractivity contribution in [1.82, 2.24) is 24.6 Å². The lowest BCUT2D eigenvalue weighted by atomic mass is 10.2. The third-order valence-corrected chi connectivity index (χ3v) is 4.66. The van der Waals surface area contributed by atoms with E-state index >= 15 is 0 Å². The molecule has 0 saturated carbocycles. The number of nitrogens with zero attached hydrogens (tertiary/aromatic N) is 5. The topological polar surface area (TPSA) is 85.2 Å². The molecule has 1 saturated heterocycles. The van der Waals surface area contributed by atoms with Crippen molar-refractivity contribution in [2.75, 3.05) is 31.6 Å². The van der Waals surface area contributed by atoms with Gasteiger partial charge in [0.05, 0.1) is 17.5 Å². The van der Waals surface area contributed by atoms with Gasteiger partial charge in [0.15, 0.2) is 5.82 Å². The number of rotatable bonds is 4. The van der Waals surface area contributed by atoms with Gasteiger partial charge >= 0.3 is 6.18 Å². The van der Waals surface area contributed by atoms with Gasteiger partial charge in [-0.25, -0.2) is 4.98 Å². The molecule has 0 spiro atoms. The maximum Gasteiger partial charge on any atom is 0.408 e. The molecule has 0 radical (unpaired) electrons. The lowest BCUT2D eigenvalue weighted by Gasteiger charge is -2.19. The summed E-state index contributed by atoms with van der Waals surface area (Å²) in [6.45, 7) is 0.403. The Morgan fingerprint density at radius 2 is 2.06 bits per heavy atom. The van der Waals surface area contributed by atoms with Gasteiger partial charge in [0.1, 0.15) is 18.1 Å². The van der Waals surface area contributed by atoms with Crippen LogP contribution in [-0.2, 0) is 11.3 Å². The van der Waals surface area contributed by atoms with Crippen LogP contribution in [0.1, 0.15) is 16.9 Å². The summed E-state index contributed by atoms with van der Waals surface area (Å²) in [7, 11) is 0. The number of carbonyl (C=O) groups excluding carboxylic acids is 1. The van der Waals surface area contributed by atoms with Gasteiger partial charge in [-0.3, -0.25) is 14.5 Å². The summed E-state index contributed by atoms with van der Waals surface area (Å²) >= 11 is 0. The maximum absolute atomic E-state index is 13.4. The molecule has 0 aromatic carbocycles. The van der Waals surface area contributed by atoms with Crippen LogP contribution in [0.15, 0.2) is 30.5 Å². The number of alkyl halides is 3. The summed E-state index contributed by atoms with van der Waals surface area (Å²) in [4.78, 5) is 22.1. The van der Waals surface area contributed by atoms with Gasteiger partial charge in [0.25, 0.3) is 5.91 Å². The van der Waals surface area contributed by atoms with E-state index in [9.17, 15) is 22.4 Å². The first-order chi connectivity index (χ1) is 14.8. The molecule has 1 aliphatic heterocycles. The number of nitrogens with one attached hydrogen (secondary N) is 1. The molecular weight excluding hydrogens is 420 g/mol. The molecule has 1 aliphatic rings. The average Bonchev–Trinajstić information content (AvgIpc) is 2.89. The molecule has 3 aromatic heterocycles. The van der Waals surface area contributed by atoms with E-state index in [-0.39, 0.29) is 28.2 Å². The summed E-state index contributed by atoms with van der Waals surface area (Å²) in [5.41, 5.74) is 0.0776. The van der Waals surface area contributed by atoms with E-state index in [0.717, 1.165) is 10.7 Å². The van der Waals surface area contributed by atoms with Crippen molar-refractivity contribution < 1.29 is 27.1 Å². The number of fused-ring (bicyclic) bond motifs is 1. The molecule has 3 aromatic rings. The monoisotopic (exact) mass is 438 g/mol. The average molecular weight is 438 g/mol. The predicted molar refractivity (Wildman–Crippen MR) is 102 cm³/mol. The molecule has 4 heterocycles. The van der Waals surface area contributed by atoms with Crippen molar-refractivity contribution in [3.63, 3.8) is 0 Å². The van der Waals surface area contributed by atoms with Crippen LogP contribution in [0.2, 0.25) is 0 Å². The molecule has 1 amide bonds. The normalized spacial score (nSPS) is 15.2. The Hall–Kier alpha value is -3.28. The molecule has 0 atom stereocenters. The molecule has 8 nitrogen and oxygen atoms in total. The fourth-order valence-corrected chi connectivity index (χ4v) is 3.28. The minimum Gasteiger partial charge on any atom is -0.380 e. The Labute approximate surface area is 173 Å². The second kappa shape index (κ2) is 8.46. The van der Waals surface area contributed by atoms with E-state index in [0.29, 0.717) is 32.7 Å². The highest BCUT2D eigenvalue weighted by atomic mass is 19.4. The molecule has 4 rings (SSSR count). The molecular formula is C19H18F4N6O2. The molecule has 1 fully saturated rings. The smallest absolute Gasteiger partial charge is 0.380 e. The zero-order chi connectivity index (χ0) is 22.0. The largest absolute Gasteiger partial charge is 0.408 e. The van der Waals surface area contributed by atoms with Gasteiger partial charge in [0, 0.05) is 25.9 Å². The first kappa shape index (κ1) is 21.0. The lowest BCUT2D eigenvalue weighted by molar-refractivity contribution is -0.141. The van der Waals surface area contributed by atoms with Crippen molar-refractivity contribution in [1.29, 1.82) is 0 Å². The molecule has 1 N–H and O–H groups in total. The number of pyridine rings is 2. The van der Waals surface area contributed by atoms with Crippen molar-refractivity contribution >= 4 is 28.4 Å². The van der Waals surface area contributed by atoms with Crippen LogP contribution in [0.3, 0.4) is 0 Å². The van der Waals surface area contributed by atoms with Crippen LogP contribution in [0.4, 0.5) is 29.2 Å². The highest BCUT2D eigenvalue weighted by Crippen LogP contribution is 2.28. The number of amides is 1. The van der Waals surface area contributed by atoms with Crippen LogP contribution in [0, 0.1) is 5.95 Å². The van der Waals surface area contributed by atoms with Crippen molar-refractivity contribution in [2.45, 2.75) is 19.1 Å². The SMILES string of the molecule is O=C(c1cc2c(cn1)c(Nc1cccc(F)n1)nn2CC(F)(F)F)N1CCCOCC1. The lowest BCUT2D eigenvalue weighted by Crippen LogP contribution is -2.33. The summed E-state index contributed by atoms with van der Waals surface area (Å²) in [6.07, 6.45) is -2.60. The van der Waals surface area contributed by atoms with Gasteiger partial charge in [-0.2, -0.15) is 22.7 Å². The van der Waals surface area contributed by atoms with Crippen LogP contribution < -0.4 is 5.32 Å². The van der Waals surface area contributed by atoms with Crippen LogP contribution >= 0.6 is 0 Å². The van der Waals surface area contributed by atoms with Crippen LogP contribution in [-0.4, -0.2) is 63.0 Å². The number of halogens is 4. The summed E-state index contributed by atoms with van der Waals surface area (Å²) < 4.78 is 58.8. The van der Waals surface area contributed by atoms with Crippen LogP contribution in [0.5, 0.6) is 0 Å². The van der Waals surface area contributed by atoms with Crippen molar-refractivity contribution in [3.05, 3.63) is 42.1 Å². The molecule has 0 unspecified atom stereocenters. The fourth-order valence-electron chi connectivity index (χ4n) is 3.28. The fraction of sp³-hybridized carbons (Fsp3) is 0.368. The highest BCUT2D eigenvalue weighted by Gasteiger charge is 2.30. The van der Waals surface area contributed by atoms with E-state index in [4.69, 9.17) is 4.74 Å². The van der Waals surface area contributed by atoms with Crippen LogP contribution in [0.25, 0.3) is 10.9 Å². The summed E-state index contributed by atoms with van der Waals surface area (Å²) in [6, 6.07) is 5.27. The maximum atomic E-state index is 13.4. The number of aromatic nitrogens is 4. The Bertz CT molecular complexity index is 1090. The van der Waals surface area contributed by atoms with Crippen molar-refractivity contribution in [3.8, 4) is 0 Å². The first-order valence-corrected chi connectivity index (χ1v) is 9.50. The van der Waals surface area contributed by atoms with E-state index in [2.05, 4.69) is 20.4 Å². The first-order valence-electron chi connectivity index (χ1n) is 9.50. The van der Waals surface area contributed by atoms with Gasteiger partial charge in [-0.15, -0.1) is 0 Å². The number of anilines is 2. The number of ether oxygens (including phenoxy) is 1. The van der Waals surface area contributed by atoms with Crippen molar-refractivity contribution in [2.24, 2.45) is 0 Å². The minimum absolute atomic E-state index is 0.00755. The number of hydrogen-bond donors (Lipinski definition) is 1. The van der Waals surface area contributed by atoms with E-state index < -0.39 is 24.6 Å². The summed E-state index contributed by atoms with van der Waals surface area (Å²) in [5.74, 6) is -1.06. The highest BCUT2D eigenvalue weighted by molar-refractivity contribution is 5.98. The Balaban J connectivity index is 1.72. The second-order valence-electron chi connectivity index (χ2n) is 6.94. The van der Waals surface area contributed by atoms with E-state index in [1.165, 1.54) is 24.4 Å². The van der Waals surface area contributed by atoms with Gasteiger partial charge in [-0.05, 0) is 24.6 Å². The number of carbonyl (C=O) groups is 1. The molecule has 31 heavy (non-hydrogen) atoms. The summed E-state index contributed by atoms with van der Waals surface area (Å²) in [5, 5.41) is 6.92. The van der Waals surface area contributed by atoms with Gasteiger partial charge < -0.3 is 15.0 Å². The molecule has 12 heteroatoms. The van der Waals surface area contributed by atoms with Gasteiger partial charge in [-0.1, -0.05) is 6.07 Å². The standard InChI is InChI=1S/C19H18F4N6O2/c20-15-3-1-4-16(25-15)26-17-12-10-24-13(18(30)28-5-2-7-31-8-6-28)9-14(12)29(27-17)11-19(21,22)23/h1,3-4,9-10H,2,5-8,11H2,(H,25,26,27). The zero-order valence-electron chi connectivity index (χ0n) is 16.2. The molecule has 164 valence electrons. The Kier molecular flexibility index (Phi) is 5.72. The minimum atomic E-state index is -4.54.